The van der Waals surface area contributed by atoms with E-state index >= 15 is 0 Å². The van der Waals surface area contributed by atoms with Gasteiger partial charge in [-0.1, -0.05) is 0 Å². The van der Waals surface area contributed by atoms with E-state index in [0.29, 0.717) is 0 Å². The van der Waals surface area contributed by atoms with Crippen LogP contribution in [-0.4, -0.2) is 17.7 Å². The van der Waals surface area contributed by atoms with Gasteiger partial charge in [-0.05, 0) is 0 Å². The summed E-state index contributed by atoms with van der Waals surface area (Å²) >= 11 is 1.71. The average Bonchev–Trinajstić information content (AvgIpc) is 1.80. The zero-order chi connectivity index (χ0) is 6.85. The number of rotatable bonds is 0. The predicted octanol–water partition coefficient (Wildman–Crippen LogP) is 0.759. The van der Waals surface area contributed by atoms with Gasteiger partial charge in [0.15, 0.2) is 0 Å². The molecular weight excluding hydrogens is 117 g/mol. The van der Waals surface area contributed by atoms with Gasteiger partial charge in [0, 0.05) is 0 Å². The first-order valence-corrected chi connectivity index (χ1v) is 2.62. The third-order valence-electron chi connectivity index (χ3n) is 1.08. The summed E-state index contributed by atoms with van der Waals surface area (Å²) in [6.45, 7) is 0. The Morgan fingerprint density at radius 1 is 1.11 bits per heavy atom. The molecule has 1 aromatic carbocycles. The van der Waals surface area contributed by atoms with Gasteiger partial charge in [-0.2, -0.15) is 0 Å². The molecule has 1 rings (SSSR count). The molecule has 0 aliphatic carbocycles. The van der Waals surface area contributed by atoms with Crippen LogP contribution >= 0.6 is 0 Å². The van der Waals surface area contributed by atoms with Crippen LogP contribution in [0.2, 0.25) is 0 Å². The van der Waals surface area contributed by atoms with E-state index in [-0.39, 0.29) is 0 Å². The van der Waals surface area contributed by atoms with E-state index < -0.39 is 11.6 Å². The topological polar surface area (TPSA) is 0 Å². The Labute approximate surface area is 61.1 Å². The van der Waals surface area contributed by atoms with E-state index in [4.69, 9.17) is 0 Å². The standard InChI is InChI=1S/C6H3F2.Li/c7-5-3-1-2-4-6(5)8;/h1,3-4H;. The zero-order valence-electron chi connectivity index (χ0n) is 4.99. The van der Waals surface area contributed by atoms with Gasteiger partial charge < -0.3 is 0 Å². The third kappa shape index (κ3) is 1.54. The van der Waals surface area contributed by atoms with Crippen LogP contribution in [0.3, 0.4) is 0 Å². The molecule has 0 aliphatic rings. The molecule has 0 amide bonds. The van der Waals surface area contributed by atoms with Gasteiger partial charge in [0.25, 0.3) is 0 Å². The molecule has 0 spiro atoms. The molecule has 0 radical (unpaired) electrons. The van der Waals surface area contributed by atoms with Crippen molar-refractivity contribution < 1.29 is 8.78 Å². The van der Waals surface area contributed by atoms with Gasteiger partial charge >= 0.3 is 60.6 Å². The van der Waals surface area contributed by atoms with Gasteiger partial charge in [-0.15, -0.1) is 0 Å². The summed E-state index contributed by atoms with van der Waals surface area (Å²) in [6.07, 6.45) is 0. The van der Waals surface area contributed by atoms with Crippen molar-refractivity contribution in [3.05, 3.63) is 29.8 Å². The summed E-state index contributed by atoms with van der Waals surface area (Å²) in [7, 11) is 0. The average molecular weight is 120 g/mol. The number of benzene rings is 1. The first-order valence-electron chi connectivity index (χ1n) is 2.62. The molecule has 3 heteroatoms. The van der Waals surface area contributed by atoms with Crippen molar-refractivity contribution in [3.8, 4) is 0 Å². The molecule has 0 N–H and O–H groups in total. The van der Waals surface area contributed by atoms with Crippen LogP contribution in [0.5, 0.6) is 0 Å². The Morgan fingerprint density at radius 2 is 1.78 bits per heavy atom. The molecule has 0 aliphatic heterocycles. The maximum absolute atomic E-state index is 12.2. The van der Waals surface area contributed by atoms with E-state index in [0.717, 1.165) is 16.4 Å². The van der Waals surface area contributed by atoms with Crippen molar-refractivity contribution >= 4 is 22.0 Å². The maximum atomic E-state index is 12.2. The second kappa shape index (κ2) is 2.51. The zero-order valence-corrected chi connectivity index (χ0v) is 4.99. The van der Waals surface area contributed by atoms with E-state index in [2.05, 4.69) is 0 Å². The predicted molar refractivity (Wildman–Crippen MR) is 31.7 cm³/mol. The van der Waals surface area contributed by atoms with Crippen LogP contribution in [0.1, 0.15) is 0 Å². The molecule has 0 unspecified atom stereocenters. The molecule has 9 heavy (non-hydrogen) atoms. The molecule has 0 aromatic heterocycles. The van der Waals surface area contributed by atoms with Crippen LogP contribution in [-0.2, 0) is 0 Å². The van der Waals surface area contributed by atoms with E-state index in [1.807, 2.05) is 0 Å². The molecule has 1 aromatic rings. The fourth-order valence-corrected chi connectivity index (χ4v) is 0.601. The first kappa shape index (κ1) is 6.79. The van der Waals surface area contributed by atoms with Crippen molar-refractivity contribution in [1.82, 2.24) is 0 Å². The summed E-state index contributed by atoms with van der Waals surface area (Å²) in [4.78, 5) is 0. The summed E-state index contributed by atoms with van der Waals surface area (Å²) in [5, 5.41) is 0. The van der Waals surface area contributed by atoms with Crippen LogP contribution in [0.15, 0.2) is 18.2 Å². The van der Waals surface area contributed by atoms with Crippen molar-refractivity contribution in [2.45, 2.75) is 0 Å². The number of hydrogen-bond acceptors (Lipinski definition) is 0. The van der Waals surface area contributed by atoms with Crippen LogP contribution < -0.4 is 4.24 Å². The van der Waals surface area contributed by atoms with Crippen molar-refractivity contribution in [2.24, 2.45) is 0 Å². The molecule has 0 saturated heterocycles. The van der Waals surface area contributed by atoms with E-state index in [9.17, 15) is 8.78 Å². The van der Waals surface area contributed by atoms with Crippen LogP contribution in [0.25, 0.3) is 0 Å². The van der Waals surface area contributed by atoms with Gasteiger partial charge in [0.2, 0.25) is 0 Å². The Hall–Kier alpha value is -0.323. The summed E-state index contributed by atoms with van der Waals surface area (Å²) < 4.78 is 25.1. The quantitative estimate of drug-likeness (QED) is 0.443. The fourth-order valence-electron chi connectivity index (χ4n) is 0.601. The Morgan fingerprint density at radius 3 is 2.22 bits per heavy atom. The summed E-state index contributed by atoms with van der Waals surface area (Å²) in [5.41, 5.74) is 0. The Balaban J connectivity index is 3.17. The van der Waals surface area contributed by atoms with E-state index in [1.165, 1.54) is 6.07 Å². The third-order valence-corrected chi connectivity index (χ3v) is 1.08. The number of halogens is 2. The SMILES string of the molecule is [Li][c]1ccc(F)c(F)c1. The molecule has 0 heterocycles. The normalized spacial score (nSPS) is 9.78. The van der Waals surface area contributed by atoms with Crippen LogP contribution in [0, 0.1) is 11.6 Å². The summed E-state index contributed by atoms with van der Waals surface area (Å²) in [5.74, 6) is -1.57. The first-order chi connectivity index (χ1) is 4.20. The molecule has 0 bridgehead atoms. The van der Waals surface area contributed by atoms with Crippen molar-refractivity contribution in [3.63, 3.8) is 0 Å². The molecular formula is C6H3F2Li. The second-order valence-electron chi connectivity index (χ2n) is 1.92. The fraction of sp³-hybridized carbons (Fsp3) is 0. The minimum atomic E-state index is -0.791. The van der Waals surface area contributed by atoms with Gasteiger partial charge in [-0.3, -0.25) is 0 Å². The molecule has 42 valence electrons. The minimum absolute atomic E-state index is 0.730. The van der Waals surface area contributed by atoms with Gasteiger partial charge in [0.1, 0.15) is 0 Å². The Bertz CT molecular complexity index is 222. The van der Waals surface area contributed by atoms with Gasteiger partial charge in [-0.25, -0.2) is 0 Å². The molecule has 0 fully saturated rings. The molecule has 0 saturated carbocycles. The second-order valence-corrected chi connectivity index (χ2v) is 1.92. The van der Waals surface area contributed by atoms with Crippen molar-refractivity contribution in [2.75, 3.05) is 0 Å². The Kier molecular flexibility index (Phi) is 1.89. The monoisotopic (exact) mass is 120 g/mol. The van der Waals surface area contributed by atoms with Gasteiger partial charge in [0.05, 0.1) is 0 Å². The number of hydrogen-bond donors (Lipinski definition) is 0. The van der Waals surface area contributed by atoms with Crippen molar-refractivity contribution in [1.29, 1.82) is 0 Å². The summed E-state index contributed by atoms with van der Waals surface area (Å²) in [6, 6.07) is 3.80. The molecule has 0 atom stereocenters. The van der Waals surface area contributed by atoms with E-state index in [1.54, 1.807) is 17.7 Å². The van der Waals surface area contributed by atoms with Crippen LogP contribution in [0.4, 0.5) is 8.78 Å². The molecule has 0 nitrogen and oxygen atoms in total.